The van der Waals surface area contributed by atoms with Crippen LogP contribution in [0, 0.1) is 0 Å². The lowest BCUT2D eigenvalue weighted by atomic mass is 9.87. The number of rotatable bonds is 1. The van der Waals surface area contributed by atoms with E-state index in [1.54, 1.807) is 12.1 Å². The zero-order valence-corrected chi connectivity index (χ0v) is 9.85. The average Bonchev–Trinajstić information content (AvgIpc) is 2.34. The van der Waals surface area contributed by atoms with Gasteiger partial charge in [0.05, 0.1) is 17.3 Å². The number of para-hydroxylation sites is 1. The Balaban J connectivity index is 2.04. The van der Waals surface area contributed by atoms with Crippen molar-refractivity contribution < 1.29 is 19.7 Å². The molecule has 1 aromatic carbocycles. The lowest BCUT2D eigenvalue weighted by Gasteiger charge is -2.44. The molecule has 0 radical (unpaired) electrons. The standard InChI is InChI=1S/C13H15NO4/c15-12(16)8-4-3-5-9-11(8)14-10-6-1-2-7-13(10,17)18-9/h3-5,10,14,17H,1-2,6-7H2,(H,15,16). The van der Waals surface area contributed by atoms with E-state index < -0.39 is 11.8 Å². The van der Waals surface area contributed by atoms with Crippen molar-refractivity contribution in [3.63, 3.8) is 0 Å². The number of hydrogen-bond acceptors (Lipinski definition) is 4. The lowest BCUT2D eigenvalue weighted by molar-refractivity contribution is -0.170. The normalized spacial score (nSPS) is 29.5. The highest BCUT2D eigenvalue weighted by Crippen LogP contribution is 2.42. The smallest absolute Gasteiger partial charge is 0.337 e. The van der Waals surface area contributed by atoms with Crippen molar-refractivity contribution in [2.45, 2.75) is 37.5 Å². The largest absolute Gasteiger partial charge is 0.478 e. The van der Waals surface area contributed by atoms with Crippen LogP contribution in [-0.4, -0.2) is 28.0 Å². The second-order valence-corrected chi connectivity index (χ2v) is 4.87. The van der Waals surface area contributed by atoms with Crippen molar-refractivity contribution in [1.82, 2.24) is 0 Å². The van der Waals surface area contributed by atoms with E-state index in [0.717, 1.165) is 19.3 Å². The quantitative estimate of drug-likeness (QED) is 0.707. The van der Waals surface area contributed by atoms with Crippen LogP contribution >= 0.6 is 0 Å². The number of nitrogens with one attached hydrogen (secondary N) is 1. The van der Waals surface area contributed by atoms with Gasteiger partial charge in [-0.05, 0) is 25.0 Å². The summed E-state index contributed by atoms with van der Waals surface area (Å²) in [6.45, 7) is 0. The van der Waals surface area contributed by atoms with Gasteiger partial charge in [0.15, 0.2) is 0 Å². The van der Waals surface area contributed by atoms with E-state index in [-0.39, 0.29) is 11.6 Å². The van der Waals surface area contributed by atoms with Gasteiger partial charge in [-0.25, -0.2) is 4.79 Å². The summed E-state index contributed by atoms with van der Waals surface area (Å²) in [6.07, 6.45) is 3.28. The summed E-state index contributed by atoms with van der Waals surface area (Å²) in [5.74, 6) is -1.79. The molecule has 1 fully saturated rings. The number of carboxylic acid groups (broad SMARTS) is 1. The maximum Gasteiger partial charge on any atom is 0.337 e. The molecule has 0 spiro atoms. The van der Waals surface area contributed by atoms with Gasteiger partial charge in [-0.3, -0.25) is 0 Å². The summed E-state index contributed by atoms with van der Waals surface area (Å²) >= 11 is 0. The van der Waals surface area contributed by atoms with Gasteiger partial charge in [0.1, 0.15) is 5.75 Å². The van der Waals surface area contributed by atoms with Crippen molar-refractivity contribution in [3.05, 3.63) is 23.8 Å². The summed E-state index contributed by atoms with van der Waals surface area (Å²) < 4.78 is 5.64. The summed E-state index contributed by atoms with van der Waals surface area (Å²) in [4.78, 5) is 11.2. The van der Waals surface area contributed by atoms with Crippen LogP contribution < -0.4 is 10.1 Å². The number of fused-ring (bicyclic) bond motifs is 2. The van der Waals surface area contributed by atoms with E-state index >= 15 is 0 Å². The minimum Gasteiger partial charge on any atom is -0.478 e. The van der Waals surface area contributed by atoms with Crippen LogP contribution in [-0.2, 0) is 0 Å². The van der Waals surface area contributed by atoms with Crippen LogP contribution in [0.5, 0.6) is 5.75 Å². The molecule has 0 saturated heterocycles. The van der Waals surface area contributed by atoms with Crippen LogP contribution in [0.3, 0.4) is 0 Å². The molecule has 1 aliphatic heterocycles. The Hall–Kier alpha value is -1.75. The minimum absolute atomic E-state index is 0.181. The van der Waals surface area contributed by atoms with Crippen molar-refractivity contribution in [1.29, 1.82) is 0 Å². The molecule has 96 valence electrons. The van der Waals surface area contributed by atoms with E-state index in [2.05, 4.69) is 5.32 Å². The molecule has 2 unspecified atom stereocenters. The van der Waals surface area contributed by atoms with E-state index in [4.69, 9.17) is 9.84 Å². The van der Waals surface area contributed by atoms with Crippen molar-refractivity contribution in [2.75, 3.05) is 5.32 Å². The Bertz CT molecular complexity index is 502. The van der Waals surface area contributed by atoms with Gasteiger partial charge >= 0.3 is 5.97 Å². The fraction of sp³-hybridized carbons (Fsp3) is 0.462. The first kappa shape index (κ1) is 11.3. The predicted molar refractivity (Wildman–Crippen MR) is 64.9 cm³/mol. The Morgan fingerprint density at radius 2 is 2.28 bits per heavy atom. The maximum absolute atomic E-state index is 11.2. The SMILES string of the molecule is O=C(O)c1cccc2c1NC1CCCCC1(O)O2. The number of carbonyl (C=O) groups is 1. The van der Waals surface area contributed by atoms with Crippen LogP contribution in [0.25, 0.3) is 0 Å². The first-order valence-corrected chi connectivity index (χ1v) is 6.14. The molecule has 1 aliphatic carbocycles. The fourth-order valence-corrected chi connectivity index (χ4v) is 2.74. The molecular formula is C13H15NO4. The van der Waals surface area contributed by atoms with Gasteiger partial charge in [-0.15, -0.1) is 0 Å². The maximum atomic E-state index is 11.2. The Morgan fingerprint density at radius 1 is 1.44 bits per heavy atom. The monoisotopic (exact) mass is 249 g/mol. The molecule has 3 N–H and O–H groups in total. The number of aliphatic hydroxyl groups is 1. The van der Waals surface area contributed by atoms with Crippen molar-refractivity contribution in [2.24, 2.45) is 0 Å². The topological polar surface area (TPSA) is 78.8 Å². The summed E-state index contributed by atoms with van der Waals surface area (Å²) in [5.41, 5.74) is 0.654. The van der Waals surface area contributed by atoms with Crippen molar-refractivity contribution in [3.8, 4) is 5.75 Å². The molecule has 2 aliphatic rings. The van der Waals surface area contributed by atoms with E-state index in [1.807, 2.05) is 0 Å². The van der Waals surface area contributed by atoms with Crippen LogP contribution in [0.1, 0.15) is 36.0 Å². The molecule has 5 nitrogen and oxygen atoms in total. The zero-order chi connectivity index (χ0) is 12.8. The molecule has 0 aromatic heterocycles. The second-order valence-electron chi connectivity index (χ2n) is 4.87. The molecule has 2 atom stereocenters. The number of benzene rings is 1. The molecule has 1 aromatic rings. The third-order valence-corrected chi connectivity index (χ3v) is 3.68. The third-order valence-electron chi connectivity index (χ3n) is 3.68. The fourth-order valence-electron chi connectivity index (χ4n) is 2.74. The Morgan fingerprint density at radius 3 is 3.06 bits per heavy atom. The van der Waals surface area contributed by atoms with E-state index in [9.17, 15) is 9.90 Å². The number of hydrogen-bond donors (Lipinski definition) is 3. The molecule has 0 bridgehead atoms. The summed E-state index contributed by atoms with van der Waals surface area (Å²) in [6, 6.07) is 4.60. The van der Waals surface area contributed by atoms with Gasteiger partial charge < -0.3 is 20.3 Å². The van der Waals surface area contributed by atoms with Crippen molar-refractivity contribution >= 4 is 11.7 Å². The average molecular weight is 249 g/mol. The second kappa shape index (κ2) is 3.88. The number of anilines is 1. The van der Waals surface area contributed by atoms with Crippen LogP contribution in [0.2, 0.25) is 0 Å². The number of aromatic carboxylic acids is 1. The van der Waals surface area contributed by atoms with Gasteiger partial charge in [0, 0.05) is 6.42 Å². The van der Waals surface area contributed by atoms with Crippen LogP contribution in [0.4, 0.5) is 5.69 Å². The first-order chi connectivity index (χ1) is 8.60. The van der Waals surface area contributed by atoms with Gasteiger partial charge in [0.25, 0.3) is 0 Å². The Kier molecular flexibility index (Phi) is 2.45. The highest BCUT2D eigenvalue weighted by atomic mass is 16.6. The molecule has 1 heterocycles. The number of carboxylic acids is 1. The molecule has 18 heavy (non-hydrogen) atoms. The Labute approximate surface area is 104 Å². The van der Waals surface area contributed by atoms with Gasteiger partial charge in [-0.2, -0.15) is 0 Å². The number of ether oxygens (including phenoxy) is 1. The zero-order valence-electron chi connectivity index (χ0n) is 9.85. The van der Waals surface area contributed by atoms with Crippen LogP contribution in [0.15, 0.2) is 18.2 Å². The molecule has 5 heteroatoms. The third kappa shape index (κ3) is 1.62. The molecule has 1 saturated carbocycles. The minimum atomic E-state index is -1.21. The summed E-state index contributed by atoms with van der Waals surface area (Å²) in [7, 11) is 0. The molecule has 3 rings (SSSR count). The highest BCUT2D eigenvalue weighted by molar-refractivity contribution is 5.96. The molecular weight excluding hydrogens is 234 g/mol. The predicted octanol–water partition coefficient (Wildman–Crippen LogP) is 1.82. The van der Waals surface area contributed by atoms with E-state index in [0.29, 0.717) is 17.9 Å². The van der Waals surface area contributed by atoms with Gasteiger partial charge in [0.2, 0.25) is 5.79 Å². The lowest BCUT2D eigenvalue weighted by Crippen LogP contribution is -2.56. The van der Waals surface area contributed by atoms with Gasteiger partial charge in [-0.1, -0.05) is 12.5 Å². The molecule has 0 amide bonds. The van der Waals surface area contributed by atoms with E-state index in [1.165, 1.54) is 6.07 Å². The first-order valence-electron chi connectivity index (χ1n) is 6.14. The summed E-state index contributed by atoms with van der Waals surface area (Å²) in [5, 5.41) is 22.7. The highest BCUT2D eigenvalue weighted by Gasteiger charge is 2.45.